The Labute approximate surface area is 242 Å². The summed E-state index contributed by atoms with van der Waals surface area (Å²) in [6.07, 6.45) is 3.11. The zero-order valence-corrected chi connectivity index (χ0v) is 23.4. The van der Waals surface area contributed by atoms with E-state index in [4.69, 9.17) is 31.0 Å². The molecule has 1 N–H and O–H groups in total. The molecule has 2 aromatic carbocycles. The number of carboxylic acid groups (broad SMARTS) is 1. The molecule has 4 aromatic rings. The van der Waals surface area contributed by atoms with Crippen LogP contribution in [0.5, 0.6) is 5.88 Å². The lowest BCUT2D eigenvalue weighted by molar-refractivity contribution is -0.136. The lowest BCUT2D eigenvalue weighted by Gasteiger charge is -2.32. The minimum Gasteiger partial charge on any atom is -0.481 e. The number of halogens is 2. The van der Waals surface area contributed by atoms with Gasteiger partial charge in [0.05, 0.1) is 36.6 Å². The number of piperidine rings is 1. The summed E-state index contributed by atoms with van der Waals surface area (Å²) >= 11 is 5.85. The van der Waals surface area contributed by atoms with Crippen LogP contribution in [-0.4, -0.2) is 56.3 Å². The number of rotatable bonds is 10. The van der Waals surface area contributed by atoms with Gasteiger partial charge in [-0.25, -0.2) is 14.4 Å². The molecule has 1 atom stereocenters. The largest absolute Gasteiger partial charge is 0.481 e. The molecule has 2 aliphatic rings. The summed E-state index contributed by atoms with van der Waals surface area (Å²) in [5.41, 5.74) is 4.01. The Morgan fingerprint density at radius 3 is 2.66 bits per heavy atom. The molecule has 0 saturated carbocycles. The summed E-state index contributed by atoms with van der Waals surface area (Å²) in [5, 5.41) is 9.56. The molecule has 10 heteroatoms. The number of hydrogen-bond donors (Lipinski definition) is 1. The fourth-order valence-electron chi connectivity index (χ4n) is 5.58. The minimum atomic E-state index is -0.850. The maximum atomic E-state index is 14.1. The Hall–Kier alpha value is -3.53. The van der Waals surface area contributed by atoms with Gasteiger partial charge < -0.3 is 19.1 Å². The normalized spacial score (nSPS) is 18.0. The molecule has 0 bridgehead atoms. The summed E-state index contributed by atoms with van der Waals surface area (Å²) in [5.74, 6) is 0.521. The van der Waals surface area contributed by atoms with Crippen molar-refractivity contribution in [2.24, 2.45) is 0 Å². The number of aliphatic carboxylic acids is 1. The number of imidazole rings is 1. The van der Waals surface area contributed by atoms with Gasteiger partial charge in [-0.05, 0) is 68.2 Å². The van der Waals surface area contributed by atoms with E-state index in [0.717, 1.165) is 73.6 Å². The van der Waals surface area contributed by atoms with E-state index in [1.807, 2.05) is 30.3 Å². The Kier molecular flexibility index (Phi) is 8.18. The maximum Gasteiger partial charge on any atom is 0.307 e. The Morgan fingerprint density at radius 2 is 1.93 bits per heavy atom. The van der Waals surface area contributed by atoms with Crippen LogP contribution in [0, 0.1) is 5.82 Å². The fraction of sp³-hybridized carbons (Fsp3) is 0.387. The number of nitrogens with zero attached hydrogens (tertiary/aromatic N) is 4. The molecule has 8 nitrogen and oxygen atoms in total. The molecule has 4 heterocycles. The highest BCUT2D eigenvalue weighted by Gasteiger charge is 2.26. The standard InChI is InChI=1S/C31H32ClFN4O4/c32-23-6-5-22(25(33)16-23)19-41-30-3-1-2-26(35-30)21-8-11-36(12-9-21)18-29-34-27-14-20(15-31(38)39)4-7-28(27)37(29)17-24-10-13-40-24/h1-7,14,16,21,24H,8-13,15,17-19H2,(H,38,39). The molecular weight excluding hydrogens is 547 g/mol. The predicted molar refractivity (Wildman–Crippen MR) is 153 cm³/mol. The monoisotopic (exact) mass is 578 g/mol. The van der Waals surface area contributed by atoms with E-state index in [0.29, 0.717) is 28.9 Å². The van der Waals surface area contributed by atoms with Gasteiger partial charge in [-0.3, -0.25) is 9.69 Å². The van der Waals surface area contributed by atoms with Gasteiger partial charge in [-0.1, -0.05) is 29.8 Å². The van der Waals surface area contributed by atoms with Crippen LogP contribution in [0.4, 0.5) is 4.39 Å². The molecule has 214 valence electrons. The van der Waals surface area contributed by atoms with Gasteiger partial charge >= 0.3 is 5.97 Å². The SMILES string of the molecule is O=C(O)Cc1ccc2c(c1)nc(CN1CCC(c3cccc(OCc4ccc(Cl)cc4F)n3)CC1)n2CC1CCO1. The van der Waals surface area contributed by atoms with E-state index in [2.05, 4.69) is 9.47 Å². The number of pyridine rings is 1. The highest BCUT2D eigenvalue weighted by Crippen LogP contribution is 2.30. The van der Waals surface area contributed by atoms with Crippen molar-refractivity contribution >= 4 is 28.6 Å². The van der Waals surface area contributed by atoms with Crippen LogP contribution in [0.2, 0.25) is 5.02 Å². The van der Waals surface area contributed by atoms with E-state index < -0.39 is 11.8 Å². The summed E-state index contributed by atoms with van der Waals surface area (Å²) < 4.78 is 27.9. The summed E-state index contributed by atoms with van der Waals surface area (Å²) in [6.45, 7) is 4.15. The Balaban J connectivity index is 1.10. The average molecular weight is 579 g/mol. The second-order valence-corrected chi connectivity index (χ2v) is 11.2. The fourth-order valence-corrected chi connectivity index (χ4v) is 5.74. The molecule has 2 aromatic heterocycles. The summed E-state index contributed by atoms with van der Waals surface area (Å²) in [6, 6.07) is 16.1. The third-order valence-corrected chi connectivity index (χ3v) is 8.17. The highest BCUT2D eigenvalue weighted by atomic mass is 35.5. The summed E-state index contributed by atoms with van der Waals surface area (Å²) in [4.78, 5) is 23.3. The molecule has 6 rings (SSSR count). The van der Waals surface area contributed by atoms with Crippen LogP contribution in [0.15, 0.2) is 54.6 Å². The quantitative estimate of drug-likeness (QED) is 0.262. The van der Waals surface area contributed by atoms with Gasteiger partial charge in [0.15, 0.2) is 0 Å². The molecule has 2 aliphatic heterocycles. The number of benzene rings is 2. The lowest BCUT2D eigenvalue weighted by atomic mass is 9.93. The first kappa shape index (κ1) is 27.6. The van der Waals surface area contributed by atoms with E-state index in [1.165, 1.54) is 6.07 Å². The second-order valence-electron chi connectivity index (χ2n) is 10.8. The Morgan fingerprint density at radius 1 is 1.10 bits per heavy atom. The van der Waals surface area contributed by atoms with Crippen molar-refractivity contribution in [3.63, 3.8) is 0 Å². The highest BCUT2D eigenvalue weighted by molar-refractivity contribution is 6.30. The number of aromatic nitrogens is 3. The predicted octanol–water partition coefficient (Wildman–Crippen LogP) is 5.60. The number of ether oxygens (including phenoxy) is 2. The van der Waals surface area contributed by atoms with Crippen molar-refractivity contribution in [3.05, 3.63) is 88.1 Å². The van der Waals surface area contributed by atoms with Crippen molar-refractivity contribution in [1.29, 1.82) is 0 Å². The number of fused-ring (bicyclic) bond motifs is 1. The third kappa shape index (κ3) is 6.53. The molecule has 0 amide bonds. The smallest absolute Gasteiger partial charge is 0.307 e. The molecule has 0 spiro atoms. The number of carboxylic acids is 1. The van der Waals surface area contributed by atoms with Crippen molar-refractivity contribution in [2.45, 2.75) is 57.4 Å². The van der Waals surface area contributed by atoms with Gasteiger partial charge in [0.2, 0.25) is 5.88 Å². The first-order valence-corrected chi connectivity index (χ1v) is 14.4. The molecule has 2 fully saturated rings. The van der Waals surface area contributed by atoms with E-state index in [1.54, 1.807) is 18.2 Å². The maximum absolute atomic E-state index is 14.1. The van der Waals surface area contributed by atoms with Crippen LogP contribution >= 0.6 is 11.6 Å². The van der Waals surface area contributed by atoms with Gasteiger partial charge in [-0.15, -0.1) is 0 Å². The number of likely N-dealkylation sites (tertiary alicyclic amines) is 1. The first-order valence-electron chi connectivity index (χ1n) is 14.0. The van der Waals surface area contributed by atoms with Crippen molar-refractivity contribution in [1.82, 2.24) is 19.4 Å². The van der Waals surface area contributed by atoms with E-state index >= 15 is 0 Å². The van der Waals surface area contributed by atoms with Crippen LogP contribution in [-0.2, 0) is 35.6 Å². The molecular formula is C31H32ClFN4O4. The summed E-state index contributed by atoms with van der Waals surface area (Å²) in [7, 11) is 0. The number of carbonyl (C=O) groups is 1. The Bertz CT molecular complexity index is 1550. The van der Waals surface area contributed by atoms with Crippen LogP contribution in [0.1, 0.15) is 47.8 Å². The van der Waals surface area contributed by atoms with Gasteiger partial charge in [0.1, 0.15) is 18.2 Å². The van der Waals surface area contributed by atoms with Crippen molar-refractivity contribution in [3.8, 4) is 5.88 Å². The van der Waals surface area contributed by atoms with Gasteiger partial charge in [-0.2, -0.15) is 0 Å². The van der Waals surface area contributed by atoms with Crippen LogP contribution < -0.4 is 4.74 Å². The van der Waals surface area contributed by atoms with Crippen LogP contribution in [0.3, 0.4) is 0 Å². The molecule has 2 saturated heterocycles. The molecule has 0 radical (unpaired) electrons. The zero-order chi connectivity index (χ0) is 28.3. The molecule has 0 aliphatic carbocycles. The first-order chi connectivity index (χ1) is 19.9. The second kappa shape index (κ2) is 12.1. The molecule has 1 unspecified atom stereocenters. The average Bonchev–Trinajstić information content (AvgIpc) is 3.26. The number of hydrogen-bond acceptors (Lipinski definition) is 6. The van der Waals surface area contributed by atoms with Gasteiger partial charge in [0.25, 0.3) is 0 Å². The topological polar surface area (TPSA) is 89.7 Å². The van der Waals surface area contributed by atoms with E-state index in [-0.39, 0.29) is 19.1 Å². The third-order valence-electron chi connectivity index (χ3n) is 7.93. The minimum absolute atomic E-state index is 0.0182. The zero-order valence-electron chi connectivity index (χ0n) is 22.6. The lowest BCUT2D eigenvalue weighted by Crippen LogP contribution is -2.35. The van der Waals surface area contributed by atoms with Crippen LogP contribution in [0.25, 0.3) is 11.0 Å². The van der Waals surface area contributed by atoms with Crippen molar-refractivity contribution in [2.75, 3.05) is 19.7 Å². The van der Waals surface area contributed by atoms with Crippen molar-refractivity contribution < 1.29 is 23.8 Å². The van der Waals surface area contributed by atoms with E-state index in [9.17, 15) is 14.3 Å². The van der Waals surface area contributed by atoms with Gasteiger partial charge in [0, 0.05) is 34.9 Å². The molecule has 41 heavy (non-hydrogen) atoms.